The lowest BCUT2D eigenvalue weighted by molar-refractivity contribution is -0.131. The Morgan fingerprint density at radius 3 is 2.75 bits per heavy atom. The zero-order valence-corrected chi connectivity index (χ0v) is 14.4. The van der Waals surface area contributed by atoms with Crippen LogP contribution in [0, 0.1) is 17.8 Å². The van der Waals surface area contributed by atoms with E-state index in [0.717, 1.165) is 30.4 Å². The average Bonchev–Trinajstić information content (AvgIpc) is 2.55. The van der Waals surface area contributed by atoms with Crippen molar-refractivity contribution in [3.8, 4) is 0 Å². The molecule has 0 bridgehead atoms. The van der Waals surface area contributed by atoms with E-state index in [-0.39, 0.29) is 35.4 Å². The first kappa shape index (κ1) is 17.6. The van der Waals surface area contributed by atoms with Gasteiger partial charge in [0.05, 0.1) is 12.7 Å². The summed E-state index contributed by atoms with van der Waals surface area (Å²) in [6, 6.07) is 0. The largest absolute Gasteiger partial charge is 0.455 e. The molecule has 0 unspecified atom stereocenters. The molecule has 2 aliphatic carbocycles. The lowest BCUT2D eigenvalue weighted by Crippen LogP contribution is -2.49. The predicted molar refractivity (Wildman–Crippen MR) is 90.3 cm³/mol. The molecule has 1 aliphatic heterocycles. The molecule has 0 aromatic heterocycles. The molecular weight excluding hydrogens is 307 g/mol. The highest BCUT2D eigenvalue weighted by molar-refractivity contribution is 6.43. The Kier molecular flexibility index (Phi) is 5.38. The van der Waals surface area contributed by atoms with E-state index >= 15 is 0 Å². The van der Waals surface area contributed by atoms with Crippen LogP contribution in [-0.4, -0.2) is 43.5 Å². The normalized spacial score (nSPS) is 32.9. The first-order valence-corrected chi connectivity index (χ1v) is 8.86. The number of hydrogen-bond acceptors (Lipinski definition) is 5. The predicted octanol–water partition coefficient (Wildman–Crippen LogP) is 1.96. The van der Waals surface area contributed by atoms with Gasteiger partial charge in [0.25, 0.3) is 0 Å². The summed E-state index contributed by atoms with van der Waals surface area (Å²) in [5.74, 6) is -0.791. The van der Waals surface area contributed by atoms with Crippen molar-refractivity contribution in [3.05, 3.63) is 23.3 Å². The van der Waals surface area contributed by atoms with Crippen molar-refractivity contribution in [2.45, 2.75) is 45.0 Å². The van der Waals surface area contributed by atoms with Crippen LogP contribution in [-0.2, 0) is 19.0 Å². The van der Waals surface area contributed by atoms with Gasteiger partial charge in [0.15, 0.2) is 11.6 Å². The summed E-state index contributed by atoms with van der Waals surface area (Å²) in [6.07, 6.45) is 6.42. The number of fused-ring (bicyclic) bond motifs is 3. The Hall–Kier alpha value is -1.24. The van der Waals surface area contributed by atoms with Crippen LogP contribution in [0.4, 0.5) is 0 Å². The molecule has 0 aromatic rings. The minimum Gasteiger partial charge on any atom is -0.427 e. The van der Waals surface area contributed by atoms with E-state index in [0.29, 0.717) is 19.3 Å². The molecule has 3 rings (SSSR count). The van der Waals surface area contributed by atoms with Gasteiger partial charge in [-0.05, 0) is 48.4 Å². The second-order valence-corrected chi connectivity index (χ2v) is 7.03. The number of ether oxygens (including phenoxy) is 1. The number of methoxy groups -OCH3 is 1. The highest BCUT2D eigenvalue weighted by Gasteiger charge is 2.50. The van der Waals surface area contributed by atoms with Crippen LogP contribution in [0.2, 0.25) is 6.32 Å². The number of carbonyl (C=O) groups excluding carboxylic acids is 2. The molecular formula is C18H25BO5. The Balaban J connectivity index is 2.01. The number of allylic oxidation sites excluding steroid dienone is 2. The van der Waals surface area contributed by atoms with E-state index < -0.39 is 7.12 Å². The van der Waals surface area contributed by atoms with E-state index in [1.807, 2.05) is 0 Å². The van der Waals surface area contributed by atoms with E-state index in [1.165, 1.54) is 12.2 Å². The van der Waals surface area contributed by atoms with Gasteiger partial charge < -0.3 is 14.4 Å². The van der Waals surface area contributed by atoms with Crippen molar-refractivity contribution in [1.82, 2.24) is 0 Å². The number of ketones is 2. The molecule has 1 N–H and O–H groups in total. The number of unbranched alkanes of at least 4 members (excludes halogenated alkanes) is 1. The third-order valence-electron chi connectivity index (χ3n) is 5.51. The van der Waals surface area contributed by atoms with Crippen LogP contribution in [0.1, 0.15) is 32.6 Å². The van der Waals surface area contributed by atoms with Gasteiger partial charge in [-0.3, -0.25) is 9.59 Å². The maximum Gasteiger partial charge on any atom is 0.455 e. The maximum atomic E-state index is 12.5. The zero-order chi connectivity index (χ0) is 17.3. The molecule has 24 heavy (non-hydrogen) atoms. The number of carbonyl (C=O) groups is 2. The van der Waals surface area contributed by atoms with Crippen LogP contribution in [0.15, 0.2) is 23.3 Å². The fourth-order valence-corrected chi connectivity index (χ4v) is 4.52. The van der Waals surface area contributed by atoms with Crippen LogP contribution in [0.25, 0.3) is 0 Å². The molecule has 1 heterocycles. The number of rotatable bonds is 5. The second-order valence-electron chi connectivity index (χ2n) is 7.03. The van der Waals surface area contributed by atoms with E-state index in [1.54, 1.807) is 7.11 Å². The standard InChI is InChI=1S/C18H25BO5/c1-3-4-5-16-17-11(10-23-2)8-12-14(20)6-7-15(21)18(12)13(17)9-19(22)24-16/h6-7,12-13,16,18,22H,3-5,8-10H2,1-2H3/t12-,13-,16+,18+/m0/s1. The van der Waals surface area contributed by atoms with Gasteiger partial charge in [0.1, 0.15) is 0 Å². The highest BCUT2D eigenvalue weighted by atomic mass is 16.5. The fraction of sp³-hybridized carbons (Fsp3) is 0.667. The summed E-state index contributed by atoms with van der Waals surface area (Å²) in [7, 11) is 0.763. The second kappa shape index (κ2) is 7.34. The summed E-state index contributed by atoms with van der Waals surface area (Å²) in [4.78, 5) is 24.8. The van der Waals surface area contributed by atoms with Gasteiger partial charge in [0.2, 0.25) is 0 Å². The third-order valence-corrected chi connectivity index (χ3v) is 5.51. The van der Waals surface area contributed by atoms with Gasteiger partial charge in [0, 0.05) is 18.9 Å². The minimum absolute atomic E-state index is 0.00177. The molecule has 0 spiro atoms. The van der Waals surface area contributed by atoms with Crippen molar-refractivity contribution in [3.63, 3.8) is 0 Å². The van der Waals surface area contributed by atoms with E-state index in [9.17, 15) is 14.6 Å². The van der Waals surface area contributed by atoms with Crippen molar-refractivity contribution < 1.29 is 24.0 Å². The van der Waals surface area contributed by atoms with Gasteiger partial charge >= 0.3 is 7.12 Å². The molecule has 1 fully saturated rings. The van der Waals surface area contributed by atoms with Gasteiger partial charge in [-0.15, -0.1) is 0 Å². The van der Waals surface area contributed by atoms with E-state index in [2.05, 4.69) is 6.92 Å². The van der Waals surface area contributed by atoms with Crippen LogP contribution in [0.3, 0.4) is 0 Å². The smallest absolute Gasteiger partial charge is 0.427 e. The lowest BCUT2D eigenvalue weighted by atomic mass is 9.55. The monoisotopic (exact) mass is 332 g/mol. The summed E-state index contributed by atoms with van der Waals surface area (Å²) in [6.45, 7) is 2.56. The molecule has 130 valence electrons. The summed E-state index contributed by atoms with van der Waals surface area (Å²) < 4.78 is 11.2. The average molecular weight is 332 g/mol. The Morgan fingerprint density at radius 2 is 2.04 bits per heavy atom. The summed E-state index contributed by atoms with van der Waals surface area (Å²) in [5.41, 5.74) is 2.18. The molecule has 0 saturated carbocycles. The summed E-state index contributed by atoms with van der Waals surface area (Å²) >= 11 is 0. The Bertz CT molecular complexity index is 582. The SMILES string of the molecule is CCCC[C@H]1OB(O)C[C@H]2C1=C(COC)C[C@H]1C(=O)C=CC(=O)[C@H]12. The summed E-state index contributed by atoms with van der Waals surface area (Å²) in [5, 5.41) is 10.2. The Morgan fingerprint density at radius 1 is 1.29 bits per heavy atom. The Labute approximate surface area is 143 Å². The topological polar surface area (TPSA) is 72.8 Å². The minimum atomic E-state index is -0.878. The van der Waals surface area contributed by atoms with Crippen molar-refractivity contribution >= 4 is 18.7 Å². The molecule has 0 amide bonds. The van der Waals surface area contributed by atoms with Crippen molar-refractivity contribution in [1.29, 1.82) is 0 Å². The molecule has 1 saturated heterocycles. The van der Waals surface area contributed by atoms with Gasteiger partial charge in [-0.1, -0.05) is 19.8 Å². The molecule has 6 heteroatoms. The van der Waals surface area contributed by atoms with Gasteiger partial charge in [-0.25, -0.2) is 0 Å². The maximum absolute atomic E-state index is 12.5. The fourth-order valence-electron chi connectivity index (χ4n) is 4.52. The third kappa shape index (κ3) is 3.15. The van der Waals surface area contributed by atoms with Crippen LogP contribution in [0.5, 0.6) is 0 Å². The number of hydrogen-bond donors (Lipinski definition) is 1. The first-order valence-electron chi connectivity index (χ1n) is 8.86. The molecule has 0 radical (unpaired) electrons. The molecule has 0 aromatic carbocycles. The first-order chi connectivity index (χ1) is 11.6. The molecule has 3 aliphatic rings. The van der Waals surface area contributed by atoms with Crippen molar-refractivity contribution in [2.24, 2.45) is 17.8 Å². The van der Waals surface area contributed by atoms with Crippen LogP contribution < -0.4 is 0 Å². The van der Waals surface area contributed by atoms with Crippen LogP contribution >= 0.6 is 0 Å². The van der Waals surface area contributed by atoms with Gasteiger partial charge in [-0.2, -0.15) is 0 Å². The molecule has 5 nitrogen and oxygen atoms in total. The highest BCUT2D eigenvalue weighted by Crippen LogP contribution is 2.48. The van der Waals surface area contributed by atoms with Crippen molar-refractivity contribution in [2.75, 3.05) is 13.7 Å². The lowest BCUT2D eigenvalue weighted by Gasteiger charge is -2.46. The zero-order valence-electron chi connectivity index (χ0n) is 14.4. The van der Waals surface area contributed by atoms with E-state index in [4.69, 9.17) is 9.39 Å². The quantitative estimate of drug-likeness (QED) is 0.615. The molecule has 4 atom stereocenters.